The van der Waals surface area contributed by atoms with Crippen molar-refractivity contribution in [3.05, 3.63) is 96.7 Å². The second-order valence-corrected chi connectivity index (χ2v) is 11.1. The summed E-state index contributed by atoms with van der Waals surface area (Å²) in [4.78, 5) is 50.7. The van der Waals surface area contributed by atoms with Crippen LogP contribution in [0.3, 0.4) is 0 Å². The monoisotopic (exact) mass is 579 g/mol. The molecule has 10 nitrogen and oxygen atoms in total. The third-order valence-electron chi connectivity index (χ3n) is 5.82. The molecule has 0 unspecified atom stereocenters. The zero-order valence-electron chi connectivity index (χ0n) is 20.9. The van der Waals surface area contributed by atoms with Crippen LogP contribution >= 0.6 is 34.3 Å². The fourth-order valence-electron chi connectivity index (χ4n) is 3.92. The second kappa shape index (κ2) is 11.3. The molecule has 0 spiro atoms. The summed E-state index contributed by atoms with van der Waals surface area (Å²) < 4.78 is 3.20. The average molecular weight is 580 g/mol. The van der Waals surface area contributed by atoms with Crippen molar-refractivity contribution in [3.8, 4) is 11.3 Å². The van der Waals surface area contributed by atoms with Crippen LogP contribution in [0, 0.1) is 0 Å². The normalized spacial score (nSPS) is 10.9. The molecule has 0 saturated carbocycles. The van der Waals surface area contributed by atoms with Gasteiger partial charge in [0.05, 0.1) is 34.2 Å². The summed E-state index contributed by atoms with van der Waals surface area (Å²) in [6.07, 6.45) is 4.64. The minimum Gasteiger partial charge on any atom is -0.377 e. The molecule has 5 aromatic rings. The number of pyridine rings is 2. The molecule has 1 N–H and O–H groups in total. The van der Waals surface area contributed by atoms with E-state index in [4.69, 9.17) is 11.6 Å². The fraction of sp³-hybridized carbons (Fsp3) is 0.154. The van der Waals surface area contributed by atoms with Gasteiger partial charge in [0, 0.05) is 54.6 Å². The summed E-state index contributed by atoms with van der Waals surface area (Å²) in [5.41, 5.74) is 2.98. The smallest absolute Gasteiger partial charge is 0.299 e. The maximum Gasteiger partial charge on any atom is 0.299 e. The van der Waals surface area contributed by atoms with Crippen molar-refractivity contribution in [3.63, 3.8) is 0 Å². The molecular weight excluding hydrogens is 558 g/mol. The Bertz CT molecular complexity index is 1690. The van der Waals surface area contributed by atoms with E-state index in [1.807, 2.05) is 20.2 Å². The van der Waals surface area contributed by atoms with E-state index in [-0.39, 0.29) is 29.3 Å². The molecule has 198 valence electrons. The topological polar surface area (TPSA) is 115 Å². The molecule has 5 rings (SSSR count). The van der Waals surface area contributed by atoms with Crippen molar-refractivity contribution in [1.29, 1.82) is 0 Å². The number of ketones is 1. The molecule has 0 atom stereocenters. The minimum absolute atomic E-state index is 0.160. The van der Waals surface area contributed by atoms with Gasteiger partial charge >= 0.3 is 0 Å². The zero-order chi connectivity index (χ0) is 27.5. The SMILES string of the molecule is CN(C)c1ccn(CC(=O)c2ccncc2)c(=O)c1-c1cc(NCc2ccc(Cl)s2)n(C(=O)c2cscn2)n1. The van der Waals surface area contributed by atoms with E-state index in [1.54, 1.807) is 52.3 Å². The average Bonchev–Trinajstić information content (AvgIpc) is 3.70. The summed E-state index contributed by atoms with van der Waals surface area (Å²) in [6.45, 7) is 0.235. The van der Waals surface area contributed by atoms with Crippen LogP contribution in [0.5, 0.6) is 0 Å². The van der Waals surface area contributed by atoms with Gasteiger partial charge in [-0.25, -0.2) is 4.98 Å². The molecule has 39 heavy (non-hydrogen) atoms. The quantitative estimate of drug-likeness (QED) is 0.253. The maximum absolute atomic E-state index is 13.8. The number of nitrogens with one attached hydrogen (secondary N) is 1. The van der Waals surface area contributed by atoms with Crippen molar-refractivity contribution in [2.24, 2.45) is 0 Å². The van der Waals surface area contributed by atoms with E-state index in [0.29, 0.717) is 27.9 Å². The zero-order valence-corrected chi connectivity index (χ0v) is 23.3. The maximum atomic E-state index is 13.8. The molecule has 0 aliphatic heterocycles. The van der Waals surface area contributed by atoms with Crippen LogP contribution in [0.15, 0.2) is 70.7 Å². The van der Waals surface area contributed by atoms with Crippen LogP contribution in [-0.4, -0.2) is 50.1 Å². The number of anilines is 2. The molecule has 0 fully saturated rings. The Balaban J connectivity index is 1.57. The van der Waals surface area contributed by atoms with Gasteiger partial charge in [-0.3, -0.25) is 19.4 Å². The highest BCUT2D eigenvalue weighted by Crippen LogP contribution is 2.29. The Morgan fingerprint density at radius 3 is 2.59 bits per heavy atom. The Kier molecular flexibility index (Phi) is 7.68. The number of carbonyl (C=O) groups excluding carboxylic acids is 2. The Hall–Kier alpha value is -4.13. The van der Waals surface area contributed by atoms with E-state index >= 15 is 0 Å². The Morgan fingerprint density at radius 2 is 1.92 bits per heavy atom. The number of hydrogen-bond acceptors (Lipinski definition) is 10. The lowest BCUT2D eigenvalue weighted by atomic mass is 10.1. The van der Waals surface area contributed by atoms with Gasteiger partial charge in [0.25, 0.3) is 11.5 Å². The van der Waals surface area contributed by atoms with E-state index in [0.717, 1.165) is 4.88 Å². The van der Waals surface area contributed by atoms with Gasteiger partial charge in [-0.1, -0.05) is 11.6 Å². The Labute approximate surface area is 236 Å². The summed E-state index contributed by atoms with van der Waals surface area (Å²) in [7, 11) is 3.61. The number of thiazole rings is 1. The molecule has 0 saturated heterocycles. The number of rotatable bonds is 9. The predicted octanol–water partition coefficient (Wildman–Crippen LogP) is 4.53. The fourth-order valence-corrected chi connectivity index (χ4v) is 5.47. The van der Waals surface area contributed by atoms with Crippen molar-refractivity contribution in [2.75, 3.05) is 24.3 Å². The van der Waals surface area contributed by atoms with Gasteiger partial charge in [-0.2, -0.15) is 9.78 Å². The lowest BCUT2D eigenvalue weighted by Gasteiger charge is -2.17. The number of hydrogen-bond donors (Lipinski definition) is 1. The first-order chi connectivity index (χ1) is 18.8. The molecule has 5 aromatic heterocycles. The number of aromatic nitrogens is 5. The molecule has 0 aliphatic carbocycles. The van der Waals surface area contributed by atoms with Crippen LogP contribution < -0.4 is 15.8 Å². The summed E-state index contributed by atoms with van der Waals surface area (Å²) in [5, 5.41) is 9.42. The van der Waals surface area contributed by atoms with Crippen LogP contribution in [-0.2, 0) is 13.1 Å². The van der Waals surface area contributed by atoms with Gasteiger partial charge in [0.15, 0.2) is 5.78 Å². The van der Waals surface area contributed by atoms with Gasteiger partial charge < -0.3 is 14.8 Å². The highest BCUT2D eigenvalue weighted by molar-refractivity contribution is 7.16. The van der Waals surface area contributed by atoms with E-state index in [2.05, 4.69) is 20.4 Å². The third kappa shape index (κ3) is 5.67. The molecule has 0 amide bonds. The molecule has 5 heterocycles. The van der Waals surface area contributed by atoms with E-state index in [9.17, 15) is 14.4 Å². The van der Waals surface area contributed by atoms with Gasteiger partial charge in [0.2, 0.25) is 0 Å². The van der Waals surface area contributed by atoms with Gasteiger partial charge in [-0.15, -0.1) is 22.7 Å². The van der Waals surface area contributed by atoms with Gasteiger partial charge in [0.1, 0.15) is 17.2 Å². The molecule has 13 heteroatoms. The van der Waals surface area contributed by atoms with Crippen LogP contribution in [0.25, 0.3) is 11.3 Å². The molecular formula is C26H22ClN7O3S2. The van der Waals surface area contributed by atoms with Crippen molar-refractivity contribution < 1.29 is 9.59 Å². The number of carbonyl (C=O) groups is 2. The number of halogens is 1. The third-order valence-corrected chi connectivity index (χ3v) is 7.64. The molecule has 0 aromatic carbocycles. The predicted molar refractivity (Wildman–Crippen MR) is 153 cm³/mol. The van der Waals surface area contributed by atoms with Crippen molar-refractivity contribution >= 4 is 57.5 Å². The van der Waals surface area contributed by atoms with Crippen molar-refractivity contribution in [2.45, 2.75) is 13.1 Å². The van der Waals surface area contributed by atoms with E-state index < -0.39 is 11.5 Å². The lowest BCUT2D eigenvalue weighted by Crippen LogP contribution is -2.27. The molecule has 0 bridgehead atoms. The molecule has 0 radical (unpaired) electrons. The van der Waals surface area contributed by atoms with Gasteiger partial charge in [-0.05, 0) is 30.3 Å². The van der Waals surface area contributed by atoms with Crippen LogP contribution in [0.2, 0.25) is 4.34 Å². The number of Topliss-reactive ketones (excluding diaryl/α,β-unsaturated/α-hetero) is 1. The summed E-state index contributed by atoms with van der Waals surface area (Å²) >= 11 is 8.79. The summed E-state index contributed by atoms with van der Waals surface area (Å²) in [6, 6.07) is 10.3. The molecule has 0 aliphatic rings. The summed E-state index contributed by atoms with van der Waals surface area (Å²) in [5.74, 6) is -0.283. The second-order valence-electron chi connectivity index (χ2n) is 8.63. The highest BCUT2D eigenvalue weighted by atomic mass is 35.5. The van der Waals surface area contributed by atoms with Crippen molar-refractivity contribution in [1.82, 2.24) is 24.3 Å². The highest BCUT2D eigenvalue weighted by Gasteiger charge is 2.23. The van der Waals surface area contributed by atoms with E-state index in [1.165, 1.54) is 44.3 Å². The first kappa shape index (κ1) is 26.5. The minimum atomic E-state index is -0.440. The lowest BCUT2D eigenvalue weighted by molar-refractivity contribution is 0.0941. The number of nitrogens with zero attached hydrogens (tertiary/aromatic N) is 6. The largest absolute Gasteiger partial charge is 0.377 e. The van der Waals surface area contributed by atoms with Crippen LogP contribution in [0.4, 0.5) is 11.5 Å². The van der Waals surface area contributed by atoms with Crippen LogP contribution in [0.1, 0.15) is 25.7 Å². The Morgan fingerprint density at radius 1 is 1.13 bits per heavy atom. The number of thiophene rings is 1. The first-order valence-electron chi connectivity index (χ1n) is 11.7. The first-order valence-corrected chi connectivity index (χ1v) is 13.8. The standard InChI is InChI=1S/C26H22ClN7O3S2/c1-32(2)20-7-10-33(13-21(35)16-5-8-28-9-6-16)26(37)24(20)18-11-23(29-12-17-3-4-22(27)39-17)34(31-18)25(36)19-14-38-15-30-19/h3-11,14-15,29H,12-13H2,1-2H3.